The van der Waals surface area contributed by atoms with Gasteiger partial charge in [0.1, 0.15) is 5.82 Å². The van der Waals surface area contributed by atoms with Crippen molar-refractivity contribution in [3.05, 3.63) is 75.1 Å². The van der Waals surface area contributed by atoms with Gasteiger partial charge in [0.15, 0.2) is 0 Å². The van der Waals surface area contributed by atoms with Crippen LogP contribution in [0.1, 0.15) is 32.7 Å². The number of rotatable bonds is 5. The van der Waals surface area contributed by atoms with E-state index in [-0.39, 0.29) is 28.5 Å². The lowest BCUT2D eigenvalue weighted by Gasteiger charge is -2.22. The van der Waals surface area contributed by atoms with E-state index in [0.29, 0.717) is 26.2 Å². The molecule has 1 heterocycles. The van der Waals surface area contributed by atoms with Crippen molar-refractivity contribution >= 4 is 17.6 Å². The smallest absolute Gasteiger partial charge is 0.338 e. The number of benzene rings is 2. The second kappa shape index (κ2) is 9.45. The molecular weight excluding hydrogens is 393 g/mol. The Morgan fingerprint density at radius 1 is 1.07 bits per heavy atom. The molecule has 0 spiro atoms. The Labute approximate surface area is 173 Å². The zero-order valence-electron chi connectivity index (χ0n) is 16.5. The first-order chi connectivity index (χ1) is 14.4. The molecule has 8 nitrogen and oxygen atoms in total. The molecule has 2 aromatic carbocycles. The number of nitro groups is 1. The highest BCUT2D eigenvalue weighted by molar-refractivity contribution is 5.99. The molecule has 0 aromatic heterocycles. The fraction of sp³-hybridized carbons (Fsp3) is 0.333. The monoisotopic (exact) mass is 415 g/mol. The van der Waals surface area contributed by atoms with Gasteiger partial charge in [-0.2, -0.15) is 0 Å². The fourth-order valence-electron chi connectivity index (χ4n) is 3.44. The molecule has 158 valence electrons. The number of nitro benzene ring substituents is 1. The quantitative estimate of drug-likeness (QED) is 0.424. The third-order valence-corrected chi connectivity index (χ3v) is 4.99. The Bertz CT molecular complexity index is 948. The lowest BCUT2D eigenvalue weighted by molar-refractivity contribution is -0.384. The average Bonchev–Trinajstić information content (AvgIpc) is 2.99. The fourth-order valence-corrected chi connectivity index (χ4v) is 3.44. The minimum atomic E-state index is -0.742. The number of hydrogen-bond donors (Lipinski definition) is 0. The zero-order chi connectivity index (χ0) is 21.7. The Kier molecular flexibility index (Phi) is 6.73. The Morgan fingerprint density at radius 2 is 1.77 bits per heavy atom. The molecule has 9 heteroatoms. The van der Waals surface area contributed by atoms with Crippen LogP contribution in [0.25, 0.3) is 0 Å². The van der Waals surface area contributed by atoms with Gasteiger partial charge in [0.25, 0.3) is 11.6 Å². The van der Waals surface area contributed by atoms with Gasteiger partial charge in [-0.25, -0.2) is 9.18 Å². The summed E-state index contributed by atoms with van der Waals surface area (Å²) in [6.07, 6.45) is 0.728. The summed E-state index contributed by atoms with van der Waals surface area (Å²) in [5.74, 6) is -1.39. The van der Waals surface area contributed by atoms with Crippen molar-refractivity contribution < 1.29 is 23.6 Å². The largest absolute Gasteiger partial charge is 0.465 e. The van der Waals surface area contributed by atoms with E-state index in [2.05, 4.69) is 9.64 Å². The first kappa shape index (κ1) is 21.4. The topological polar surface area (TPSA) is 93.0 Å². The standard InChI is InChI=1S/C21H22FN3O5/c1-30-21(27)17-11-16(12-19(13-17)25(28)29)20(26)24-8-2-7-23(9-10-24)14-15-3-5-18(22)6-4-15/h3-6,11-13H,2,7-10,14H2,1H3. The molecule has 1 saturated heterocycles. The summed E-state index contributed by atoms with van der Waals surface area (Å²) < 4.78 is 17.7. The van der Waals surface area contributed by atoms with Crippen LogP contribution in [0, 0.1) is 15.9 Å². The highest BCUT2D eigenvalue weighted by atomic mass is 19.1. The van der Waals surface area contributed by atoms with E-state index >= 15 is 0 Å². The second-order valence-electron chi connectivity index (χ2n) is 7.07. The average molecular weight is 415 g/mol. The van der Waals surface area contributed by atoms with Crippen molar-refractivity contribution in [3.63, 3.8) is 0 Å². The van der Waals surface area contributed by atoms with Crippen LogP contribution in [0.15, 0.2) is 42.5 Å². The highest BCUT2D eigenvalue weighted by Crippen LogP contribution is 2.20. The Morgan fingerprint density at radius 3 is 2.43 bits per heavy atom. The van der Waals surface area contributed by atoms with Crippen molar-refractivity contribution in [2.24, 2.45) is 0 Å². The molecule has 0 radical (unpaired) electrons. The van der Waals surface area contributed by atoms with Gasteiger partial charge in [-0.05, 0) is 30.2 Å². The van der Waals surface area contributed by atoms with Gasteiger partial charge < -0.3 is 9.64 Å². The lowest BCUT2D eigenvalue weighted by atomic mass is 10.1. The number of esters is 1. The van der Waals surface area contributed by atoms with E-state index in [9.17, 15) is 24.1 Å². The van der Waals surface area contributed by atoms with Gasteiger partial charge in [0.05, 0.1) is 17.6 Å². The van der Waals surface area contributed by atoms with Gasteiger partial charge in [0.2, 0.25) is 0 Å². The summed E-state index contributed by atoms with van der Waals surface area (Å²) in [5, 5.41) is 11.2. The van der Waals surface area contributed by atoms with Crippen molar-refractivity contribution in [1.29, 1.82) is 0 Å². The number of carbonyl (C=O) groups excluding carboxylic acids is 2. The number of hydrogen-bond acceptors (Lipinski definition) is 6. The molecule has 0 bridgehead atoms. The maximum absolute atomic E-state index is 13.1. The third kappa shape index (κ3) is 5.18. The van der Waals surface area contributed by atoms with Crippen LogP contribution < -0.4 is 0 Å². The molecule has 1 amide bonds. The molecule has 1 aliphatic heterocycles. The second-order valence-corrected chi connectivity index (χ2v) is 7.07. The van der Waals surface area contributed by atoms with Crippen molar-refractivity contribution in [2.75, 3.05) is 33.3 Å². The minimum Gasteiger partial charge on any atom is -0.465 e. The molecule has 0 atom stereocenters. The third-order valence-electron chi connectivity index (χ3n) is 4.99. The molecule has 1 fully saturated rings. The molecule has 0 aliphatic carbocycles. The maximum Gasteiger partial charge on any atom is 0.338 e. The molecule has 0 N–H and O–H groups in total. The van der Waals surface area contributed by atoms with Gasteiger partial charge >= 0.3 is 5.97 Å². The van der Waals surface area contributed by atoms with Crippen LogP contribution in [-0.4, -0.2) is 59.9 Å². The maximum atomic E-state index is 13.1. The van der Waals surface area contributed by atoms with E-state index < -0.39 is 10.9 Å². The molecular formula is C21H22FN3O5. The van der Waals surface area contributed by atoms with Crippen LogP contribution >= 0.6 is 0 Å². The number of halogens is 1. The van der Waals surface area contributed by atoms with E-state index in [4.69, 9.17) is 0 Å². The molecule has 0 saturated carbocycles. The van der Waals surface area contributed by atoms with Gasteiger partial charge in [-0.3, -0.25) is 19.8 Å². The Hall–Kier alpha value is -3.33. The normalized spacial score (nSPS) is 14.8. The van der Waals surface area contributed by atoms with Crippen LogP contribution in [0.5, 0.6) is 0 Å². The predicted molar refractivity (Wildman–Crippen MR) is 107 cm³/mol. The first-order valence-corrected chi connectivity index (χ1v) is 9.51. The summed E-state index contributed by atoms with van der Waals surface area (Å²) in [6.45, 7) is 2.96. The van der Waals surface area contributed by atoms with Crippen LogP contribution in [0.3, 0.4) is 0 Å². The van der Waals surface area contributed by atoms with Crippen LogP contribution in [0.2, 0.25) is 0 Å². The number of ether oxygens (including phenoxy) is 1. The van der Waals surface area contributed by atoms with Gasteiger partial charge in [-0.15, -0.1) is 0 Å². The molecule has 2 aromatic rings. The SMILES string of the molecule is COC(=O)c1cc(C(=O)N2CCCN(Cc3ccc(F)cc3)CC2)cc([N+](=O)[O-])c1. The molecule has 0 unspecified atom stereocenters. The highest BCUT2D eigenvalue weighted by Gasteiger charge is 2.24. The number of carbonyl (C=O) groups is 2. The first-order valence-electron chi connectivity index (χ1n) is 9.51. The molecule has 3 rings (SSSR count). The van der Waals surface area contributed by atoms with Crippen LogP contribution in [-0.2, 0) is 11.3 Å². The van der Waals surface area contributed by atoms with Crippen molar-refractivity contribution in [3.8, 4) is 0 Å². The van der Waals surface area contributed by atoms with Crippen molar-refractivity contribution in [2.45, 2.75) is 13.0 Å². The van der Waals surface area contributed by atoms with Gasteiger partial charge in [0, 0.05) is 50.4 Å². The molecule has 1 aliphatic rings. The van der Waals surface area contributed by atoms with Crippen LogP contribution in [0.4, 0.5) is 10.1 Å². The van der Waals surface area contributed by atoms with Gasteiger partial charge in [-0.1, -0.05) is 12.1 Å². The minimum absolute atomic E-state index is 0.0391. The molecule has 30 heavy (non-hydrogen) atoms. The van der Waals surface area contributed by atoms with E-state index in [1.165, 1.54) is 31.4 Å². The Balaban J connectivity index is 1.72. The summed E-state index contributed by atoms with van der Waals surface area (Å²) >= 11 is 0. The van der Waals surface area contributed by atoms with E-state index in [0.717, 1.165) is 24.6 Å². The zero-order valence-corrected chi connectivity index (χ0v) is 16.5. The lowest BCUT2D eigenvalue weighted by Crippen LogP contribution is -2.35. The summed E-state index contributed by atoms with van der Waals surface area (Å²) in [7, 11) is 1.17. The number of non-ortho nitro benzene ring substituents is 1. The summed E-state index contributed by atoms with van der Waals surface area (Å²) in [5.41, 5.74) is 0.686. The number of methoxy groups -OCH3 is 1. The number of amides is 1. The predicted octanol–water partition coefficient (Wildman–Crippen LogP) is 2.87. The van der Waals surface area contributed by atoms with E-state index in [1.807, 2.05) is 0 Å². The summed E-state index contributed by atoms with van der Waals surface area (Å²) in [6, 6.07) is 9.91. The number of nitrogens with zero attached hydrogens (tertiary/aromatic N) is 3. The summed E-state index contributed by atoms with van der Waals surface area (Å²) in [4.78, 5) is 39.2. The van der Waals surface area contributed by atoms with E-state index in [1.54, 1.807) is 17.0 Å². The van der Waals surface area contributed by atoms with Crippen molar-refractivity contribution in [1.82, 2.24) is 9.80 Å².